The summed E-state index contributed by atoms with van der Waals surface area (Å²) in [5.41, 5.74) is 5.55. The average Bonchev–Trinajstić information content (AvgIpc) is 3.11. The fourth-order valence-electron chi connectivity index (χ4n) is 4.10. The predicted molar refractivity (Wildman–Crippen MR) is 117 cm³/mol. The van der Waals surface area contributed by atoms with E-state index < -0.39 is 18.1 Å². The molecular weight excluding hydrogens is 392 g/mol. The minimum Gasteiger partial charge on any atom is -0.480 e. The molecule has 1 heterocycles. The molecule has 158 valence electrons. The van der Waals surface area contributed by atoms with E-state index in [4.69, 9.17) is 4.74 Å². The summed E-state index contributed by atoms with van der Waals surface area (Å²) in [6.45, 7) is 0.155. The number of hydrogen-bond donors (Lipinski definition) is 2. The lowest BCUT2D eigenvalue weighted by molar-refractivity contribution is -0.139. The van der Waals surface area contributed by atoms with Gasteiger partial charge in [-0.15, -0.1) is 0 Å². The van der Waals surface area contributed by atoms with Crippen LogP contribution in [0, 0.1) is 0 Å². The van der Waals surface area contributed by atoms with Gasteiger partial charge in [0.05, 0.1) is 0 Å². The smallest absolute Gasteiger partial charge is 0.407 e. The van der Waals surface area contributed by atoms with Crippen molar-refractivity contribution in [1.82, 2.24) is 10.3 Å². The van der Waals surface area contributed by atoms with Gasteiger partial charge in [0.2, 0.25) is 0 Å². The van der Waals surface area contributed by atoms with E-state index in [9.17, 15) is 14.7 Å². The summed E-state index contributed by atoms with van der Waals surface area (Å²) in [6.07, 6.45) is 4.37. The number of carboxylic acid groups (broad SMARTS) is 1. The number of carbonyl (C=O) groups is 2. The minimum absolute atomic E-state index is 0.0630. The number of amides is 1. The van der Waals surface area contributed by atoms with Gasteiger partial charge in [0.1, 0.15) is 12.6 Å². The Morgan fingerprint density at radius 1 is 1.00 bits per heavy atom. The van der Waals surface area contributed by atoms with Crippen molar-refractivity contribution in [1.29, 1.82) is 0 Å². The number of fused-ring (bicyclic) bond motifs is 3. The fourth-order valence-corrected chi connectivity index (χ4v) is 4.10. The molecule has 1 aliphatic rings. The number of nitrogens with one attached hydrogen (secondary N) is 1. The van der Waals surface area contributed by atoms with Gasteiger partial charge in [0.15, 0.2) is 0 Å². The highest BCUT2D eigenvalue weighted by atomic mass is 16.5. The molecule has 1 aliphatic carbocycles. The van der Waals surface area contributed by atoms with Gasteiger partial charge in [0.25, 0.3) is 0 Å². The summed E-state index contributed by atoms with van der Waals surface area (Å²) in [5.74, 6) is -1.13. The predicted octanol–water partition coefficient (Wildman–Crippen LogP) is 4.40. The van der Waals surface area contributed by atoms with Crippen LogP contribution in [0.3, 0.4) is 0 Å². The number of carbonyl (C=O) groups excluding carboxylic acids is 1. The number of benzene rings is 2. The molecule has 0 fully saturated rings. The van der Waals surface area contributed by atoms with Crippen LogP contribution in [0.25, 0.3) is 11.1 Å². The highest BCUT2D eigenvalue weighted by Crippen LogP contribution is 2.44. The van der Waals surface area contributed by atoms with Crippen molar-refractivity contribution >= 4 is 12.1 Å². The number of hydrogen-bond acceptors (Lipinski definition) is 4. The Morgan fingerprint density at radius 3 is 2.29 bits per heavy atom. The first-order chi connectivity index (χ1) is 15.1. The number of aromatic nitrogens is 1. The standard InChI is InChI=1S/C25H24N2O4/c28-24(29)23(13-5-7-17-8-6-14-26-15-17)27-25(30)31-16-22-20-11-3-1-9-18(20)19-10-2-4-12-21(19)22/h1-4,6,8-12,14-15,22-23H,5,7,13,16H2,(H,27,30)(H,28,29)/t23-/m1/s1. The number of ether oxygens (including phenoxy) is 1. The largest absolute Gasteiger partial charge is 0.480 e. The third-order valence-corrected chi connectivity index (χ3v) is 5.61. The van der Waals surface area contributed by atoms with Gasteiger partial charge < -0.3 is 15.2 Å². The Hall–Kier alpha value is -3.67. The number of carboxylic acids is 1. The lowest BCUT2D eigenvalue weighted by atomic mass is 9.98. The highest BCUT2D eigenvalue weighted by molar-refractivity contribution is 5.81. The zero-order chi connectivity index (χ0) is 21.6. The van der Waals surface area contributed by atoms with Crippen LogP contribution in [-0.4, -0.2) is 34.8 Å². The molecule has 1 atom stereocenters. The lowest BCUT2D eigenvalue weighted by Crippen LogP contribution is -2.41. The summed E-state index contributed by atoms with van der Waals surface area (Å²) < 4.78 is 5.46. The molecule has 0 saturated heterocycles. The van der Waals surface area contributed by atoms with Gasteiger partial charge in [-0.05, 0) is 53.1 Å². The number of aliphatic carboxylic acids is 1. The first-order valence-electron chi connectivity index (χ1n) is 10.4. The van der Waals surface area contributed by atoms with E-state index in [1.54, 1.807) is 12.4 Å². The maximum Gasteiger partial charge on any atom is 0.407 e. The SMILES string of the molecule is O=C(N[C@H](CCCc1cccnc1)C(=O)O)OCC1c2ccccc2-c2ccccc21. The monoisotopic (exact) mass is 416 g/mol. The molecule has 0 unspecified atom stereocenters. The van der Waals surface area contributed by atoms with E-state index in [0.29, 0.717) is 19.3 Å². The Labute approximate surface area is 180 Å². The van der Waals surface area contributed by atoms with E-state index in [0.717, 1.165) is 27.8 Å². The minimum atomic E-state index is -1.07. The quantitative estimate of drug-likeness (QED) is 0.568. The van der Waals surface area contributed by atoms with Crippen molar-refractivity contribution in [2.75, 3.05) is 6.61 Å². The van der Waals surface area contributed by atoms with Crippen molar-refractivity contribution in [3.63, 3.8) is 0 Å². The number of aryl methyl sites for hydroxylation is 1. The second-order valence-corrected chi connectivity index (χ2v) is 7.61. The third kappa shape index (κ3) is 4.74. The van der Waals surface area contributed by atoms with Crippen LogP contribution in [0.15, 0.2) is 73.1 Å². The topological polar surface area (TPSA) is 88.5 Å². The molecule has 6 heteroatoms. The van der Waals surface area contributed by atoms with Crippen LogP contribution in [0.1, 0.15) is 35.4 Å². The molecule has 0 bridgehead atoms. The first-order valence-corrected chi connectivity index (χ1v) is 10.4. The summed E-state index contributed by atoms with van der Waals surface area (Å²) >= 11 is 0. The molecule has 0 spiro atoms. The van der Waals surface area contributed by atoms with Crippen molar-refractivity contribution in [3.05, 3.63) is 89.7 Å². The molecule has 0 radical (unpaired) electrons. The number of rotatable bonds is 8. The van der Waals surface area contributed by atoms with Crippen LogP contribution in [0.5, 0.6) is 0 Å². The molecule has 2 aromatic carbocycles. The molecule has 1 amide bonds. The maximum atomic E-state index is 12.4. The van der Waals surface area contributed by atoms with Gasteiger partial charge >= 0.3 is 12.1 Å². The number of nitrogens with zero attached hydrogens (tertiary/aromatic N) is 1. The summed E-state index contributed by atoms with van der Waals surface area (Å²) in [6, 6.07) is 18.9. The average molecular weight is 416 g/mol. The Balaban J connectivity index is 1.34. The molecule has 1 aromatic heterocycles. The first kappa shape index (κ1) is 20.6. The highest BCUT2D eigenvalue weighted by Gasteiger charge is 2.29. The van der Waals surface area contributed by atoms with Gasteiger partial charge in [-0.25, -0.2) is 9.59 Å². The van der Waals surface area contributed by atoms with Crippen molar-refractivity contribution in [2.45, 2.75) is 31.2 Å². The second kappa shape index (κ2) is 9.43. The molecule has 2 N–H and O–H groups in total. The van der Waals surface area contributed by atoms with Gasteiger partial charge in [-0.3, -0.25) is 4.98 Å². The summed E-state index contributed by atoms with van der Waals surface area (Å²) in [7, 11) is 0. The number of pyridine rings is 1. The number of alkyl carbamates (subject to hydrolysis) is 1. The van der Waals surface area contributed by atoms with Crippen LogP contribution >= 0.6 is 0 Å². The molecule has 0 saturated carbocycles. The van der Waals surface area contributed by atoms with E-state index in [1.165, 1.54) is 0 Å². The zero-order valence-corrected chi connectivity index (χ0v) is 17.0. The molecule has 31 heavy (non-hydrogen) atoms. The van der Waals surface area contributed by atoms with Crippen LogP contribution in [0.4, 0.5) is 4.79 Å². The van der Waals surface area contributed by atoms with Crippen molar-refractivity contribution < 1.29 is 19.4 Å². The van der Waals surface area contributed by atoms with Crippen LogP contribution in [0.2, 0.25) is 0 Å². The van der Waals surface area contributed by atoms with Crippen LogP contribution in [-0.2, 0) is 16.0 Å². The molecule has 3 aromatic rings. The lowest BCUT2D eigenvalue weighted by Gasteiger charge is -2.17. The third-order valence-electron chi connectivity index (χ3n) is 5.61. The zero-order valence-electron chi connectivity index (χ0n) is 17.0. The van der Waals surface area contributed by atoms with E-state index in [-0.39, 0.29) is 12.5 Å². The van der Waals surface area contributed by atoms with Crippen LogP contribution < -0.4 is 5.32 Å². The summed E-state index contributed by atoms with van der Waals surface area (Å²) in [5, 5.41) is 12.0. The molecule has 0 aliphatic heterocycles. The fraction of sp³-hybridized carbons (Fsp3) is 0.240. The van der Waals surface area contributed by atoms with Crippen molar-refractivity contribution in [2.24, 2.45) is 0 Å². The van der Waals surface area contributed by atoms with Crippen molar-refractivity contribution in [3.8, 4) is 11.1 Å². The normalized spacial score (nSPS) is 13.2. The summed E-state index contributed by atoms with van der Waals surface area (Å²) in [4.78, 5) is 28.0. The Bertz CT molecular complexity index is 1020. The van der Waals surface area contributed by atoms with Gasteiger partial charge in [-0.2, -0.15) is 0 Å². The Morgan fingerprint density at radius 2 is 1.68 bits per heavy atom. The maximum absolute atomic E-state index is 12.4. The molecule has 6 nitrogen and oxygen atoms in total. The molecular formula is C25H24N2O4. The van der Waals surface area contributed by atoms with Gasteiger partial charge in [0, 0.05) is 18.3 Å². The Kier molecular flexibility index (Phi) is 6.26. The van der Waals surface area contributed by atoms with Gasteiger partial charge in [-0.1, -0.05) is 54.6 Å². The molecule has 4 rings (SSSR count). The second-order valence-electron chi connectivity index (χ2n) is 7.61. The van der Waals surface area contributed by atoms with E-state index >= 15 is 0 Å². The van der Waals surface area contributed by atoms with E-state index in [1.807, 2.05) is 48.5 Å². The van der Waals surface area contributed by atoms with E-state index in [2.05, 4.69) is 22.4 Å².